The second kappa shape index (κ2) is 6.16. The number of hydrogen-bond donors (Lipinski definition) is 1. The van der Waals surface area contributed by atoms with Gasteiger partial charge >= 0.3 is 0 Å². The van der Waals surface area contributed by atoms with Crippen molar-refractivity contribution in [2.24, 2.45) is 0 Å². The van der Waals surface area contributed by atoms with Gasteiger partial charge in [0.05, 0.1) is 11.5 Å². The third kappa shape index (κ3) is 3.13. The quantitative estimate of drug-likeness (QED) is 0.671. The predicted molar refractivity (Wildman–Crippen MR) is 74.8 cm³/mol. The fraction of sp³-hybridized carbons (Fsp3) is 0.200. The average molecular weight is 273 g/mol. The van der Waals surface area contributed by atoms with Crippen molar-refractivity contribution in [3.63, 3.8) is 0 Å². The van der Waals surface area contributed by atoms with E-state index in [0.29, 0.717) is 17.7 Å². The standard InChI is InChI=1S/C15H15NO4/c1-2-20-14-8-6-11(7-9-14)15(17)12-4-3-5-13(10-12)16(18)19/h3-10,15,17H,2H2,1H3. The first-order chi connectivity index (χ1) is 9.61. The molecule has 5 heteroatoms. The van der Waals surface area contributed by atoms with Crippen molar-refractivity contribution in [1.82, 2.24) is 0 Å². The highest BCUT2D eigenvalue weighted by molar-refractivity contribution is 5.40. The third-order valence-corrected chi connectivity index (χ3v) is 2.90. The molecule has 2 rings (SSSR count). The first kappa shape index (κ1) is 14.0. The van der Waals surface area contributed by atoms with Crippen LogP contribution >= 0.6 is 0 Å². The van der Waals surface area contributed by atoms with E-state index in [0.717, 1.165) is 5.75 Å². The third-order valence-electron chi connectivity index (χ3n) is 2.90. The van der Waals surface area contributed by atoms with Gasteiger partial charge in [-0.15, -0.1) is 0 Å². The lowest BCUT2D eigenvalue weighted by Gasteiger charge is -2.12. The van der Waals surface area contributed by atoms with Crippen molar-refractivity contribution < 1.29 is 14.8 Å². The number of ether oxygens (including phenoxy) is 1. The van der Waals surface area contributed by atoms with Gasteiger partial charge in [0.1, 0.15) is 11.9 Å². The molecule has 0 fully saturated rings. The van der Waals surface area contributed by atoms with Gasteiger partial charge in [-0.25, -0.2) is 0 Å². The summed E-state index contributed by atoms with van der Waals surface area (Å²) in [6.45, 7) is 2.47. The molecule has 0 aromatic heterocycles. The van der Waals surface area contributed by atoms with Crippen LogP contribution < -0.4 is 4.74 Å². The number of rotatable bonds is 5. The van der Waals surface area contributed by atoms with Gasteiger partial charge < -0.3 is 9.84 Å². The van der Waals surface area contributed by atoms with E-state index in [2.05, 4.69) is 0 Å². The number of benzene rings is 2. The van der Waals surface area contributed by atoms with Crippen LogP contribution in [-0.4, -0.2) is 16.6 Å². The second-order valence-electron chi connectivity index (χ2n) is 4.26. The van der Waals surface area contributed by atoms with Gasteiger partial charge in [0.15, 0.2) is 0 Å². The number of nitrogens with zero attached hydrogens (tertiary/aromatic N) is 1. The van der Waals surface area contributed by atoms with E-state index in [1.807, 2.05) is 6.92 Å². The Labute approximate surface area is 116 Å². The lowest BCUT2D eigenvalue weighted by atomic mass is 10.0. The monoisotopic (exact) mass is 273 g/mol. The number of nitro benzene ring substituents is 1. The Morgan fingerprint density at radius 3 is 2.50 bits per heavy atom. The van der Waals surface area contributed by atoms with Crippen molar-refractivity contribution >= 4 is 5.69 Å². The van der Waals surface area contributed by atoms with Crippen molar-refractivity contribution in [3.05, 3.63) is 69.8 Å². The predicted octanol–water partition coefficient (Wildman–Crippen LogP) is 3.08. The smallest absolute Gasteiger partial charge is 0.269 e. The Kier molecular flexibility index (Phi) is 4.32. The maximum absolute atomic E-state index is 10.7. The summed E-state index contributed by atoms with van der Waals surface area (Å²) in [5.74, 6) is 0.725. The summed E-state index contributed by atoms with van der Waals surface area (Å²) >= 11 is 0. The van der Waals surface area contributed by atoms with Gasteiger partial charge in [-0.05, 0) is 30.2 Å². The van der Waals surface area contributed by atoms with Gasteiger partial charge in [0, 0.05) is 12.1 Å². The van der Waals surface area contributed by atoms with E-state index in [1.54, 1.807) is 36.4 Å². The van der Waals surface area contributed by atoms with Crippen LogP contribution in [0.4, 0.5) is 5.69 Å². The first-order valence-corrected chi connectivity index (χ1v) is 6.27. The molecule has 1 unspecified atom stereocenters. The average Bonchev–Trinajstić information content (AvgIpc) is 2.48. The van der Waals surface area contributed by atoms with Gasteiger partial charge in [0.25, 0.3) is 5.69 Å². The normalized spacial score (nSPS) is 11.9. The summed E-state index contributed by atoms with van der Waals surface area (Å²) in [5.41, 5.74) is 1.12. The van der Waals surface area contributed by atoms with E-state index < -0.39 is 11.0 Å². The van der Waals surface area contributed by atoms with E-state index in [9.17, 15) is 15.2 Å². The molecule has 104 valence electrons. The molecule has 0 spiro atoms. The highest BCUT2D eigenvalue weighted by Crippen LogP contribution is 2.26. The molecular weight excluding hydrogens is 258 g/mol. The Bertz CT molecular complexity index is 595. The summed E-state index contributed by atoms with van der Waals surface area (Å²) in [4.78, 5) is 10.3. The molecule has 0 heterocycles. The van der Waals surface area contributed by atoms with Crippen LogP contribution in [0.5, 0.6) is 5.75 Å². The van der Waals surface area contributed by atoms with Gasteiger partial charge in [-0.2, -0.15) is 0 Å². The number of non-ortho nitro benzene ring substituents is 1. The first-order valence-electron chi connectivity index (χ1n) is 6.27. The molecule has 5 nitrogen and oxygen atoms in total. The number of aliphatic hydroxyl groups is 1. The van der Waals surface area contributed by atoms with Crippen molar-refractivity contribution in [2.45, 2.75) is 13.0 Å². The summed E-state index contributed by atoms with van der Waals surface area (Å²) in [5, 5.41) is 21.0. The molecule has 20 heavy (non-hydrogen) atoms. The van der Waals surface area contributed by atoms with E-state index >= 15 is 0 Å². The Balaban J connectivity index is 2.24. The maximum Gasteiger partial charge on any atom is 0.269 e. The van der Waals surface area contributed by atoms with E-state index in [-0.39, 0.29) is 5.69 Å². The maximum atomic E-state index is 10.7. The fourth-order valence-electron chi connectivity index (χ4n) is 1.91. The van der Waals surface area contributed by atoms with Gasteiger partial charge in [-0.3, -0.25) is 10.1 Å². The molecule has 1 N–H and O–H groups in total. The molecule has 0 aliphatic carbocycles. The van der Waals surface area contributed by atoms with Gasteiger partial charge in [-0.1, -0.05) is 24.3 Å². The Morgan fingerprint density at radius 1 is 1.20 bits per heavy atom. The summed E-state index contributed by atoms with van der Waals surface area (Å²) < 4.78 is 5.33. The lowest BCUT2D eigenvalue weighted by Crippen LogP contribution is -2.01. The largest absolute Gasteiger partial charge is 0.494 e. The molecule has 0 amide bonds. The molecule has 2 aromatic carbocycles. The highest BCUT2D eigenvalue weighted by atomic mass is 16.6. The number of nitro groups is 1. The summed E-state index contributed by atoms with van der Waals surface area (Å²) in [6.07, 6.45) is -0.898. The molecule has 1 atom stereocenters. The molecular formula is C15H15NO4. The number of hydrogen-bond acceptors (Lipinski definition) is 4. The zero-order valence-corrected chi connectivity index (χ0v) is 11.0. The van der Waals surface area contributed by atoms with E-state index in [4.69, 9.17) is 4.74 Å². The molecule has 2 aromatic rings. The molecule has 0 aliphatic rings. The Morgan fingerprint density at radius 2 is 1.90 bits per heavy atom. The van der Waals surface area contributed by atoms with Crippen LogP contribution in [0.2, 0.25) is 0 Å². The summed E-state index contributed by atoms with van der Waals surface area (Å²) in [7, 11) is 0. The van der Waals surface area contributed by atoms with Crippen LogP contribution in [0.1, 0.15) is 24.2 Å². The highest BCUT2D eigenvalue weighted by Gasteiger charge is 2.14. The molecule has 0 radical (unpaired) electrons. The van der Waals surface area contributed by atoms with Crippen LogP contribution in [0, 0.1) is 10.1 Å². The van der Waals surface area contributed by atoms with Crippen LogP contribution in [0.3, 0.4) is 0 Å². The topological polar surface area (TPSA) is 72.6 Å². The SMILES string of the molecule is CCOc1ccc(C(O)c2cccc([N+](=O)[O-])c2)cc1. The number of aliphatic hydroxyl groups excluding tert-OH is 1. The Hall–Kier alpha value is -2.40. The van der Waals surface area contributed by atoms with Crippen LogP contribution in [0.15, 0.2) is 48.5 Å². The minimum absolute atomic E-state index is 0.0347. The second-order valence-corrected chi connectivity index (χ2v) is 4.26. The molecule has 0 saturated heterocycles. The zero-order valence-electron chi connectivity index (χ0n) is 11.0. The zero-order chi connectivity index (χ0) is 14.5. The van der Waals surface area contributed by atoms with Crippen molar-refractivity contribution in [2.75, 3.05) is 6.61 Å². The fourth-order valence-corrected chi connectivity index (χ4v) is 1.91. The van der Waals surface area contributed by atoms with Crippen LogP contribution in [-0.2, 0) is 0 Å². The molecule has 0 saturated carbocycles. The minimum atomic E-state index is -0.898. The van der Waals surface area contributed by atoms with E-state index in [1.165, 1.54) is 12.1 Å². The molecule has 0 aliphatic heterocycles. The summed E-state index contributed by atoms with van der Waals surface area (Å²) in [6, 6.07) is 13.0. The van der Waals surface area contributed by atoms with Crippen molar-refractivity contribution in [3.8, 4) is 5.75 Å². The lowest BCUT2D eigenvalue weighted by molar-refractivity contribution is -0.385. The molecule has 0 bridgehead atoms. The van der Waals surface area contributed by atoms with Crippen LogP contribution in [0.25, 0.3) is 0 Å². The van der Waals surface area contributed by atoms with Crippen molar-refractivity contribution in [1.29, 1.82) is 0 Å². The minimum Gasteiger partial charge on any atom is -0.494 e. The van der Waals surface area contributed by atoms with Gasteiger partial charge in [0.2, 0.25) is 0 Å².